The zero-order valence-electron chi connectivity index (χ0n) is 16.7. The van der Waals surface area contributed by atoms with Gasteiger partial charge in [-0.15, -0.1) is 11.3 Å². The number of alkyl halides is 2. The summed E-state index contributed by atoms with van der Waals surface area (Å²) >= 11 is 1.04. The number of amides is 1. The zero-order chi connectivity index (χ0) is 22.4. The molecule has 0 spiro atoms. The van der Waals surface area contributed by atoms with Crippen LogP contribution in [0.25, 0.3) is 0 Å². The van der Waals surface area contributed by atoms with Gasteiger partial charge in [-0.25, -0.2) is 8.42 Å². The van der Waals surface area contributed by atoms with Crippen LogP contribution in [0.1, 0.15) is 15.2 Å². The van der Waals surface area contributed by atoms with E-state index >= 15 is 0 Å². The predicted molar refractivity (Wildman–Crippen MR) is 110 cm³/mol. The second-order valence-corrected chi connectivity index (χ2v) is 9.32. The molecular formula is C19H22F2N2O6S2. The lowest BCUT2D eigenvalue weighted by molar-refractivity contribution is -0.0512. The Balaban J connectivity index is 1.64. The van der Waals surface area contributed by atoms with Gasteiger partial charge in [0, 0.05) is 19.6 Å². The first kappa shape index (κ1) is 23.4. The highest BCUT2D eigenvalue weighted by Crippen LogP contribution is 2.30. The van der Waals surface area contributed by atoms with Crippen molar-refractivity contribution in [2.24, 2.45) is 0 Å². The van der Waals surface area contributed by atoms with Crippen LogP contribution in [0.3, 0.4) is 0 Å². The molecule has 1 aromatic heterocycles. The van der Waals surface area contributed by atoms with E-state index in [0.29, 0.717) is 25.2 Å². The molecule has 0 bridgehead atoms. The van der Waals surface area contributed by atoms with Crippen molar-refractivity contribution in [2.75, 3.05) is 40.0 Å². The fraction of sp³-hybridized carbons (Fsp3) is 0.421. The van der Waals surface area contributed by atoms with Gasteiger partial charge >= 0.3 is 6.61 Å². The van der Waals surface area contributed by atoms with Crippen LogP contribution < -0.4 is 14.8 Å². The van der Waals surface area contributed by atoms with E-state index in [9.17, 15) is 22.0 Å². The van der Waals surface area contributed by atoms with Crippen LogP contribution in [0, 0.1) is 0 Å². The van der Waals surface area contributed by atoms with Crippen molar-refractivity contribution in [3.05, 3.63) is 40.1 Å². The molecule has 0 atom stereocenters. The van der Waals surface area contributed by atoms with E-state index in [1.165, 1.54) is 29.6 Å². The van der Waals surface area contributed by atoms with Crippen molar-refractivity contribution in [1.82, 2.24) is 9.62 Å². The lowest BCUT2D eigenvalue weighted by atomic mass is 10.1. The first-order valence-corrected chi connectivity index (χ1v) is 11.7. The third kappa shape index (κ3) is 5.70. The molecule has 1 aliphatic heterocycles. The van der Waals surface area contributed by atoms with Gasteiger partial charge in [-0.3, -0.25) is 4.79 Å². The lowest BCUT2D eigenvalue weighted by Gasteiger charge is -2.26. The van der Waals surface area contributed by atoms with Crippen LogP contribution >= 0.6 is 11.3 Å². The summed E-state index contributed by atoms with van der Waals surface area (Å²) in [5.74, 6) is -0.442. The van der Waals surface area contributed by atoms with Crippen LogP contribution in [-0.2, 0) is 21.2 Å². The summed E-state index contributed by atoms with van der Waals surface area (Å²) in [6.07, 6.45) is 0.326. The van der Waals surface area contributed by atoms with Gasteiger partial charge in [-0.05, 0) is 35.6 Å². The third-order valence-corrected chi connectivity index (χ3v) is 7.55. The predicted octanol–water partition coefficient (Wildman–Crippen LogP) is 2.35. The lowest BCUT2D eigenvalue weighted by Crippen LogP contribution is -2.41. The summed E-state index contributed by atoms with van der Waals surface area (Å²) in [7, 11) is -2.45. The smallest absolute Gasteiger partial charge is 0.387 e. The van der Waals surface area contributed by atoms with Gasteiger partial charge in [0.25, 0.3) is 5.91 Å². The normalized spacial score (nSPS) is 15.1. The van der Waals surface area contributed by atoms with Gasteiger partial charge < -0.3 is 19.5 Å². The van der Waals surface area contributed by atoms with Crippen molar-refractivity contribution >= 4 is 27.3 Å². The molecule has 0 aliphatic carbocycles. The number of nitrogens with one attached hydrogen (secondary N) is 1. The molecule has 1 fully saturated rings. The van der Waals surface area contributed by atoms with Gasteiger partial charge in [0.1, 0.15) is 9.77 Å². The highest BCUT2D eigenvalue weighted by Gasteiger charge is 2.31. The Morgan fingerprint density at radius 2 is 2.00 bits per heavy atom. The minimum atomic E-state index is -3.79. The number of thiophene rings is 1. The zero-order valence-corrected chi connectivity index (χ0v) is 18.3. The molecule has 0 unspecified atom stereocenters. The van der Waals surface area contributed by atoms with E-state index in [-0.39, 0.29) is 40.9 Å². The maximum absolute atomic E-state index is 12.9. The summed E-state index contributed by atoms with van der Waals surface area (Å²) < 4.78 is 66.8. The highest BCUT2D eigenvalue weighted by molar-refractivity contribution is 7.89. The molecule has 170 valence electrons. The SMILES string of the molecule is COc1ccc(CCNC(=O)c2sccc2S(=O)(=O)N2CCOCC2)cc1OC(F)F. The summed E-state index contributed by atoms with van der Waals surface area (Å²) in [6.45, 7) is -1.73. The number of rotatable bonds is 9. The van der Waals surface area contributed by atoms with Gasteiger partial charge in [0.15, 0.2) is 11.5 Å². The minimum Gasteiger partial charge on any atom is -0.493 e. The summed E-state index contributed by atoms with van der Waals surface area (Å²) in [6, 6.07) is 6.00. The largest absolute Gasteiger partial charge is 0.493 e. The quantitative estimate of drug-likeness (QED) is 0.597. The van der Waals surface area contributed by atoms with Gasteiger partial charge in [-0.1, -0.05) is 6.07 Å². The van der Waals surface area contributed by atoms with Crippen LogP contribution in [0.15, 0.2) is 34.5 Å². The van der Waals surface area contributed by atoms with Crippen LogP contribution in [-0.4, -0.2) is 65.2 Å². The molecule has 2 heterocycles. The minimum absolute atomic E-state index is 0.0334. The van der Waals surface area contributed by atoms with Gasteiger partial charge in [-0.2, -0.15) is 13.1 Å². The first-order valence-electron chi connectivity index (χ1n) is 9.38. The third-order valence-electron chi connectivity index (χ3n) is 4.57. The Labute approximate surface area is 182 Å². The average Bonchev–Trinajstić information content (AvgIpc) is 3.25. The van der Waals surface area contributed by atoms with Crippen LogP contribution in [0.4, 0.5) is 8.78 Å². The number of benzene rings is 1. The number of hydrogen-bond donors (Lipinski definition) is 1. The topological polar surface area (TPSA) is 94.2 Å². The van der Waals surface area contributed by atoms with E-state index in [1.54, 1.807) is 11.4 Å². The molecule has 1 aliphatic rings. The Kier molecular flexibility index (Phi) is 7.81. The Bertz CT molecular complexity index is 1010. The van der Waals surface area contributed by atoms with E-state index in [1.807, 2.05) is 0 Å². The van der Waals surface area contributed by atoms with Crippen molar-refractivity contribution in [3.63, 3.8) is 0 Å². The Morgan fingerprint density at radius 3 is 2.68 bits per heavy atom. The molecule has 31 heavy (non-hydrogen) atoms. The molecule has 1 aromatic carbocycles. The Hall–Kier alpha value is -2.28. The molecule has 2 aromatic rings. The Morgan fingerprint density at radius 1 is 1.26 bits per heavy atom. The maximum Gasteiger partial charge on any atom is 0.387 e. The number of sulfonamides is 1. The number of carbonyl (C=O) groups excluding carboxylic acids is 1. The molecular weight excluding hydrogens is 454 g/mol. The van der Waals surface area contributed by atoms with Crippen molar-refractivity contribution in [3.8, 4) is 11.5 Å². The van der Waals surface area contributed by atoms with Crippen molar-refractivity contribution in [1.29, 1.82) is 0 Å². The maximum atomic E-state index is 12.9. The molecule has 1 N–H and O–H groups in total. The van der Waals surface area contributed by atoms with Crippen molar-refractivity contribution < 1.29 is 36.2 Å². The second kappa shape index (κ2) is 10.4. The average molecular weight is 477 g/mol. The van der Waals surface area contributed by atoms with E-state index in [0.717, 1.165) is 11.3 Å². The molecule has 12 heteroatoms. The number of hydrogen-bond acceptors (Lipinski definition) is 7. The second-order valence-electron chi connectivity index (χ2n) is 6.50. The number of carbonyl (C=O) groups is 1. The first-order chi connectivity index (χ1) is 14.8. The fourth-order valence-electron chi connectivity index (χ4n) is 3.06. The van der Waals surface area contributed by atoms with Crippen LogP contribution in [0.2, 0.25) is 0 Å². The fourth-order valence-corrected chi connectivity index (χ4v) is 5.78. The molecule has 1 amide bonds. The van der Waals surface area contributed by atoms with Gasteiger partial charge in [0.05, 0.1) is 20.3 Å². The summed E-state index contributed by atoms with van der Waals surface area (Å²) in [4.78, 5) is 12.7. The molecule has 8 nitrogen and oxygen atoms in total. The number of halogens is 2. The summed E-state index contributed by atoms with van der Waals surface area (Å²) in [5.41, 5.74) is 0.643. The number of nitrogens with zero attached hydrogens (tertiary/aromatic N) is 1. The number of morpholine rings is 1. The summed E-state index contributed by atoms with van der Waals surface area (Å²) in [5, 5.41) is 4.24. The highest BCUT2D eigenvalue weighted by atomic mass is 32.2. The number of methoxy groups -OCH3 is 1. The van der Waals surface area contributed by atoms with Gasteiger partial charge in [0.2, 0.25) is 10.0 Å². The van der Waals surface area contributed by atoms with E-state index < -0.39 is 22.5 Å². The van der Waals surface area contributed by atoms with Crippen molar-refractivity contribution in [2.45, 2.75) is 17.9 Å². The monoisotopic (exact) mass is 476 g/mol. The molecule has 0 saturated carbocycles. The van der Waals surface area contributed by atoms with E-state index in [4.69, 9.17) is 9.47 Å². The van der Waals surface area contributed by atoms with E-state index in [2.05, 4.69) is 10.1 Å². The van der Waals surface area contributed by atoms with Crippen LogP contribution in [0.5, 0.6) is 11.5 Å². The number of ether oxygens (including phenoxy) is 3. The standard InChI is InChI=1S/C19H22F2N2O6S2/c1-27-14-3-2-13(12-15(14)29-19(20)21)4-6-22-18(24)17-16(5-11-30-17)31(25,26)23-7-9-28-10-8-23/h2-3,5,11-12,19H,4,6-10H2,1H3,(H,22,24). The molecule has 3 rings (SSSR count). The molecule has 1 saturated heterocycles. The molecule has 0 radical (unpaired) electrons.